The van der Waals surface area contributed by atoms with E-state index in [1.54, 1.807) is 23.6 Å². The molecule has 0 aliphatic carbocycles. The molecule has 1 aromatic carbocycles. The Morgan fingerprint density at radius 3 is 2.69 bits per heavy atom. The summed E-state index contributed by atoms with van der Waals surface area (Å²) < 4.78 is 24.9. The van der Waals surface area contributed by atoms with Gasteiger partial charge in [-0.3, -0.25) is 14.5 Å². The molecular weight excluding hydrogens is 417 g/mol. The molecule has 0 spiro atoms. The largest absolute Gasteiger partial charge is 0.496 e. The summed E-state index contributed by atoms with van der Waals surface area (Å²) in [5.41, 5.74) is 2.86. The van der Waals surface area contributed by atoms with Crippen molar-refractivity contribution in [1.82, 2.24) is 25.1 Å². The van der Waals surface area contributed by atoms with E-state index in [1.807, 2.05) is 0 Å². The molecule has 1 N–H and O–H groups in total. The zero-order valence-corrected chi connectivity index (χ0v) is 17.9. The number of methoxy groups -OCH3 is 1. The first-order chi connectivity index (χ1) is 15.5. The summed E-state index contributed by atoms with van der Waals surface area (Å²) in [5, 5.41) is 10.3. The molecule has 4 rings (SSSR count). The van der Waals surface area contributed by atoms with Crippen molar-refractivity contribution >= 4 is 5.91 Å². The van der Waals surface area contributed by atoms with Crippen molar-refractivity contribution in [2.24, 2.45) is 0 Å². The summed E-state index contributed by atoms with van der Waals surface area (Å²) in [6, 6.07) is 7.72. The van der Waals surface area contributed by atoms with Gasteiger partial charge in [-0.1, -0.05) is 22.4 Å². The number of amides is 1. The van der Waals surface area contributed by atoms with E-state index >= 15 is 0 Å². The Morgan fingerprint density at radius 1 is 1.22 bits per heavy atom. The molecule has 10 heteroatoms. The molecule has 168 valence electrons. The minimum Gasteiger partial charge on any atom is -0.496 e. The number of carbonyl (C=O) groups excluding carboxylic acids is 1. The van der Waals surface area contributed by atoms with E-state index in [4.69, 9.17) is 4.74 Å². The summed E-state index contributed by atoms with van der Waals surface area (Å²) in [4.78, 5) is 28.0. The number of pyridine rings is 1. The van der Waals surface area contributed by atoms with Crippen molar-refractivity contribution in [3.63, 3.8) is 0 Å². The van der Waals surface area contributed by atoms with Gasteiger partial charge in [0.2, 0.25) is 0 Å². The average molecular weight is 441 g/mol. The van der Waals surface area contributed by atoms with Crippen LogP contribution in [-0.4, -0.2) is 45.9 Å². The topological polar surface area (TPSA) is 102 Å². The van der Waals surface area contributed by atoms with Crippen molar-refractivity contribution in [2.75, 3.05) is 20.2 Å². The predicted molar refractivity (Wildman–Crippen MR) is 113 cm³/mol. The Bertz CT molecular complexity index is 1170. The lowest BCUT2D eigenvalue weighted by atomic mass is 10.1. The van der Waals surface area contributed by atoms with E-state index in [0.29, 0.717) is 55.2 Å². The highest BCUT2D eigenvalue weighted by Crippen LogP contribution is 2.23. The summed E-state index contributed by atoms with van der Waals surface area (Å²) in [5.74, 6) is -0.399. The Hall–Kier alpha value is -3.53. The number of carbonyl (C=O) groups is 1. The molecule has 9 nitrogen and oxygen atoms in total. The van der Waals surface area contributed by atoms with E-state index in [1.165, 1.54) is 25.3 Å². The lowest BCUT2D eigenvalue weighted by Gasteiger charge is -2.19. The second-order valence-electron chi connectivity index (χ2n) is 7.66. The van der Waals surface area contributed by atoms with Crippen LogP contribution >= 0.6 is 0 Å². The first kappa shape index (κ1) is 21.7. The van der Waals surface area contributed by atoms with Crippen molar-refractivity contribution in [3.8, 4) is 5.75 Å². The number of ether oxygens (including phenoxy) is 1. The fourth-order valence-electron chi connectivity index (χ4n) is 3.87. The fraction of sp³-hybridized carbons (Fsp3) is 0.364. The molecule has 2 aromatic heterocycles. The number of hydrogen-bond donors (Lipinski definition) is 1. The third kappa shape index (κ3) is 4.54. The minimum atomic E-state index is -0.361. The monoisotopic (exact) mass is 441 g/mol. The number of fused-ring (bicyclic) bond motifs is 1. The first-order valence-corrected chi connectivity index (χ1v) is 10.3. The Balaban J connectivity index is 1.57. The van der Waals surface area contributed by atoms with Crippen molar-refractivity contribution < 1.29 is 18.6 Å². The van der Waals surface area contributed by atoms with Crippen LogP contribution in [0, 0.1) is 12.7 Å². The number of aryl methyl sites for hydroxylation is 1. The first-order valence-electron chi connectivity index (χ1n) is 10.3. The average Bonchev–Trinajstić information content (AvgIpc) is 3.08. The van der Waals surface area contributed by atoms with Gasteiger partial charge in [-0.25, -0.2) is 9.02 Å². The van der Waals surface area contributed by atoms with Gasteiger partial charge in [-0.05, 0) is 24.6 Å². The van der Waals surface area contributed by atoms with Crippen LogP contribution in [0.15, 0.2) is 39.8 Å². The molecule has 3 aromatic rings. The smallest absolute Gasteiger partial charge is 0.257 e. The quantitative estimate of drug-likeness (QED) is 0.621. The minimum absolute atomic E-state index is 0.145. The van der Waals surface area contributed by atoms with Gasteiger partial charge >= 0.3 is 0 Å². The third-order valence-corrected chi connectivity index (χ3v) is 5.62. The maximum Gasteiger partial charge on any atom is 0.257 e. The van der Waals surface area contributed by atoms with E-state index in [2.05, 4.69) is 25.2 Å². The van der Waals surface area contributed by atoms with Crippen LogP contribution in [-0.2, 0) is 26.1 Å². The number of hydrogen-bond acceptors (Lipinski definition) is 7. The van der Waals surface area contributed by atoms with Gasteiger partial charge in [0.15, 0.2) is 0 Å². The van der Waals surface area contributed by atoms with Gasteiger partial charge in [-0.2, -0.15) is 0 Å². The molecule has 0 radical (unpaired) electrons. The SMILES string of the molecule is COc1cc(=O)n2c(c1C(=O)NCc1nonc1C)CCN(Cc1ccc(F)cc1)CC2. The number of nitrogens with one attached hydrogen (secondary N) is 1. The van der Waals surface area contributed by atoms with Gasteiger partial charge in [0.1, 0.15) is 28.5 Å². The summed E-state index contributed by atoms with van der Waals surface area (Å²) in [6.45, 7) is 4.21. The second-order valence-corrected chi connectivity index (χ2v) is 7.66. The number of benzene rings is 1. The van der Waals surface area contributed by atoms with Gasteiger partial charge in [0.05, 0.1) is 13.7 Å². The van der Waals surface area contributed by atoms with Gasteiger partial charge in [0, 0.05) is 44.4 Å². The molecule has 32 heavy (non-hydrogen) atoms. The van der Waals surface area contributed by atoms with Crippen molar-refractivity contribution in [3.05, 3.63) is 74.7 Å². The number of aromatic nitrogens is 3. The van der Waals surface area contributed by atoms with Crippen LogP contribution in [0.2, 0.25) is 0 Å². The molecule has 0 fully saturated rings. The van der Waals surface area contributed by atoms with Crippen LogP contribution in [0.1, 0.15) is 33.0 Å². The van der Waals surface area contributed by atoms with E-state index in [9.17, 15) is 14.0 Å². The lowest BCUT2D eigenvalue weighted by Crippen LogP contribution is -2.31. The second kappa shape index (κ2) is 9.31. The summed E-state index contributed by atoms with van der Waals surface area (Å²) >= 11 is 0. The maximum absolute atomic E-state index is 13.2. The van der Waals surface area contributed by atoms with E-state index in [-0.39, 0.29) is 29.6 Å². The van der Waals surface area contributed by atoms with Gasteiger partial charge in [-0.15, -0.1) is 0 Å². The number of halogens is 1. The summed E-state index contributed by atoms with van der Waals surface area (Å²) in [6.07, 6.45) is 0.487. The molecule has 1 aliphatic rings. The maximum atomic E-state index is 13.2. The highest BCUT2D eigenvalue weighted by molar-refractivity contribution is 5.98. The van der Waals surface area contributed by atoms with Crippen LogP contribution in [0.4, 0.5) is 4.39 Å². The zero-order valence-electron chi connectivity index (χ0n) is 17.9. The Kier molecular flexibility index (Phi) is 6.31. The van der Waals surface area contributed by atoms with Gasteiger partial charge < -0.3 is 14.6 Å². The Morgan fingerprint density at radius 2 is 2.00 bits per heavy atom. The highest BCUT2D eigenvalue weighted by atomic mass is 19.1. The van der Waals surface area contributed by atoms with Crippen LogP contribution in [0.5, 0.6) is 5.75 Å². The fourth-order valence-corrected chi connectivity index (χ4v) is 3.87. The molecule has 0 bridgehead atoms. The lowest BCUT2D eigenvalue weighted by molar-refractivity contribution is 0.0944. The molecule has 0 atom stereocenters. The highest BCUT2D eigenvalue weighted by Gasteiger charge is 2.25. The number of rotatable bonds is 6. The molecule has 1 amide bonds. The van der Waals surface area contributed by atoms with Crippen molar-refractivity contribution in [2.45, 2.75) is 33.0 Å². The molecule has 0 saturated heterocycles. The number of nitrogens with zero attached hydrogens (tertiary/aromatic N) is 4. The van der Waals surface area contributed by atoms with Gasteiger partial charge in [0.25, 0.3) is 11.5 Å². The van der Waals surface area contributed by atoms with Crippen LogP contribution < -0.4 is 15.6 Å². The zero-order chi connectivity index (χ0) is 22.7. The standard InChI is InChI=1S/C22H24FN5O4/c1-14-17(26-32-25-14)12-24-22(30)21-18-7-8-27(13-15-3-5-16(23)6-4-15)9-10-28(18)20(29)11-19(21)31-2/h3-6,11H,7-10,12-13H2,1-2H3,(H,24,30). The third-order valence-electron chi connectivity index (χ3n) is 5.62. The normalized spacial score (nSPS) is 14.0. The molecular formula is C22H24FN5O4. The van der Waals surface area contributed by atoms with Crippen LogP contribution in [0.25, 0.3) is 0 Å². The molecule has 0 unspecified atom stereocenters. The summed E-state index contributed by atoms with van der Waals surface area (Å²) in [7, 11) is 1.44. The van der Waals surface area contributed by atoms with E-state index < -0.39 is 0 Å². The molecule has 0 saturated carbocycles. The predicted octanol–water partition coefficient (Wildman–Crippen LogP) is 1.68. The Labute approximate surface area is 183 Å². The van der Waals surface area contributed by atoms with Crippen molar-refractivity contribution in [1.29, 1.82) is 0 Å². The molecule has 1 aliphatic heterocycles. The van der Waals surface area contributed by atoms with E-state index in [0.717, 1.165) is 5.56 Å². The molecule has 3 heterocycles. The van der Waals surface area contributed by atoms with Crippen LogP contribution in [0.3, 0.4) is 0 Å².